The summed E-state index contributed by atoms with van der Waals surface area (Å²) in [6.07, 6.45) is 1.46. The molecule has 3 aromatic carbocycles. The first-order valence-electron chi connectivity index (χ1n) is 9.47. The van der Waals surface area contributed by atoms with Gasteiger partial charge in [0, 0.05) is 30.5 Å². The van der Waals surface area contributed by atoms with E-state index in [2.05, 4.69) is 35.2 Å². The normalized spacial score (nSPS) is 20.9. The molecule has 0 saturated carbocycles. The van der Waals surface area contributed by atoms with Gasteiger partial charge in [-0.2, -0.15) is 0 Å². The number of amides is 1. The number of benzene rings is 3. The third-order valence-corrected chi connectivity index (χ3v) is 5.76. The molecule has 5 rings (SSSR count). The first-order chi connectivity index (χ1) is 13.3. The average molecular weight is 355 g/mol. The minimum atomic E-state index is 0.158. The van der Waals surface area contributed by atoms with Crippen molar-refractivity contribution in [2.24, 2.45) is 0 Å². The van der Waals surface area contributed by atoms with E-state index in [1.807, 2.05) is 48.5 Å². The van der Waals surface area contributed by atoms with Crippen LogP contribution in [0.4, 0.5) is 0 Å². The van der Waals surface area contributed by atoms with Crippen LogP contribution in [-0.2, 0) is 17.8 Å². The number of rotatable bonds is 3. The highest BCUT2D eigenvalue weighted by Crippen LogP contribution is 2.43. The van der Waals surface area contributed by atoms with Gasteiger partial charge in [-0.1, -0.05) is 60.7 Å². The molecule has 3 nitrogen and oxygen atoms in total. The van der Waals surface area contributed by atoms with Gasteiger partial charge in [-0.05, 0) is 35.7 Å². The molecule has 3 aromatic rings. The van der Waals surface area contributed by atoms with Crippen LogP contribution in [0, 0.1) is 0 Å². The number of hydrogen-bond acceptors (Lipinski definition) is 2. The van der Waals surface area contributed by atoms with Crippen LogP contribution in [0.1, 0.15) is 29.0 Å². The van der Waals surface area contributed by atoms with Gasteiger partial charge < -0.3 is 9.64 Å². The van der Waals surface area contributed by atoms with E-state index in [0.29, 0.717) is 6.42 Å². The number of ether oxygens (including phenoxy) is 1. The van der Waals surface area contributed by atoms with Crippen molar-refractivity contribution in [3.8, 4) is 11.5 Å². The summed E-state index contributed by atoms with van der Waals surface area (Å²) >= 11 is 0. The van der Waals surface area contributed by atoms with Crippen LogP contribution in [0.2, 0.25) is 0 Å². The highest BCUT2D eigenvalue weighted by atomic mass is 16.5. The maximum Gasteiger partial charge on any atom is 0.223 e. The third-order valence-electron chi connectivity index (χ3n) is 5.76. The molecular weight excluding hydrogens is 334 g/mol. The Kier molecular flexibility index (Phi) is 3.93. The van der Waals surface area contributed by atoms with E-state index in [1.54, 1.807) is 0 Å². The van der Waals surface area contributed by atoms with Crippen molar-refractivity contribution in [1.82, 2.24) is 4.90 Å². The van der Waals surface area contributed by atoms with Crippen molar-refractivity contribution >= 4 is 5.91 Å². The lowest BCUT2D eigenvalue weighted by Crippen LogP contribution is -2.39. The molecule has 0 spiro atoms. The fourth-order valence-corrected chi connectivity index (χ4v) is 4.43. The summed E-state index contributed by atoms with van der Waals surface area (Å²) in [6, 6.07) is 26.7. The summed E-state index contributed by atoms with van der Waals surface area (Å²) in [5.74, 6) is 2.07. The van der Waals surface area contributed by atoms with Gasteiger partial charge in [-0.3, -0.25) is 4.79 Å². The Morgan fingerprint density at radius 2 is 1.48 bits per heavy atom. The molecule has 1 amide bonds. The van der Waals surface area contributed by atoms with E-state index in [0.717, 1.165) is 30.0 Å². The largest absolute Gasteiger partial charge is 0.457 e. The van der Waals surface area contributed by atoms with E-state index in [-0.39, 0.29) is 17.9 Å². The highest BCUT2D eigenvalue weighted by Gasteiger charge is 2.43. The molecule has 2 heterocycles. The Labute approximate surface area is 159 Å². The lowest BCUT2D eigenvalue weighted by atomic mass is 9.84. The molecule has 0 bridgehead atoms. The van der Waals surface area contributed by atoms with Crippen molar-refractivity contribution in [3.05, 3.63) is 95.6 Å². The Balaban J connectivity index is 1.50. The summed E-state index contributed by atoms with van der Waals surface area (Å²) in [6.45, 7) is 0.720. The van der Waals surface area contributed by atoms with Crippen LogP contribution in [0.25, 0.3) is 0 Å². The van der Waals surface area contributed by atoms with Crippen LogP contribution >= 0.6 is 0 Å². The summed E-state index contributed by atoms with van der Waals surface area (Å²) in [5, 5.41) is 0. The highest BCUT2D eigenvalue weighted by molar-refractivity contribution is 5.81. The second-order valence-electron chi connectivity index (χ2n) is 7.33. The molecule has 27 heavy (non-hydrogen) atoms. The smallest absolute Gasteiger partial charge is 0.223 e. The van der Waals surface area contributed by atoms with Gasteiger partial charge in [0.25, 0.3) is 0 Å². The van der Waals surface area contributed by atoms with Crippen LogP contribution in [0.5, 0.6) is 11.5 Å². The molecule has 3 heteroatoms. The number of carbonyl (C=O) groups excluding carboxylic acids is 1. The number of fused-ring (bicyclic) bond motifs is 2. The molecule has 2 unspecified atom stereocenters. The number of para-hydroxylation sites is 2. The van der Waals surface area contributed by atoms with Gasteiger partial charge in [-0.15, -0.1) is 0 Å². The van der Waals surface area contributed by atoms with Crippen LogP contribution in [-0.4, -0.2) is 16.8 Å². The van der Waals surface area contributed by atoms with E-state index < -0.39 is 0 Å². The molecule has 0 radical (unpaired) electrons. The number of carbonyl (C=O) groups is 1. The van der Waals surface area contributed by atoms with Gasteiger partial charge in [0.15, 0.2) is 0 Å². The molecule has 2 aliphatic rings. The summed E-state index contributed by atoms with van der Waals surface area (Å²) in [5.41, 5.74) is 3.76. The molecule has 2 aliphatic heterocycles. The van der Waals surface area contributed by atoms with Crippen LogP contribution in [0.15, 0.2) is 78.9 Å². The van der Waals surface area contributed by atoms with Gasteiger partial charge in [0.05, 0.1) is 0 Å². The summed E-state index contributed by atoms with van der Waals surface area (Å²) < 4.78 is 6.18. The fourth-order valence-electron chi connectivity index (χ4n) is 4.43. The minimum Gasteiger partial charge on any atom is -0.457 e. The van der Waals surface area contributed by atoms with E-state index in [1.165, 1.54) is 11.1 Å². The van der Waals surface area contributed by atoms with Crippen molar-refractivity contribution < 1.29 is 9.53 Å². The lowest BCUT2D eigenvalue weighted by molar-refractivity contribution is -0.129. The second-order valence-corrected chi connectivity index (χ2v) is 7.33. The van der Waals surface area contributed by atoms with Gasteiger partial charge in [0.2, 0.25) is 5.91 Å². The SMILES string of the molecule is O=C1CC(c2ccccc2Oc2ccccc2)C2Cc3ccccc3CN12. The predicted molar refractivity (Wildman–Crippen MR) is 105 cm³/mol. The summed E-state index contributed by atoms with van der Waals surface area (Å²) in [7, 11) is 0. The Morgan fingerprint density at radius 3 is 2.33 bits per heavy atom. The first-order valence-corrected chi connectivity index (χ1v) is 9.47. The minimum absolute atomic E-state index is 0.158. The zero-order chi connectivity index (χ0) is 18.2. The molecule has 2 atom stereocenters. The molecule has 0 N–H and O–H groups in total. The van der Waals surface area contributed by atoms with Crippen molar-refractivity contribution in [1.29, 1.82) is 0 Å². The lowest BCUT2D eigenvalue weighted by Gasteiger charge is -2.34. The zero-order valence-electron chi connectivity index (χ0n) is 15.0. The second kappa shape index (κ2) is 6.58. The molecule has 0 aliphatic carbocycles. The molecule has 134 valence electrons. The van der Waals surface area contributed by atoms with E-state index in [9.17, 15) is 4.79 Å². The average Bonchev–Trinajstić information content (AvgIpc) is 3.03. The van der Waals surface area contributed by atoms with Gasteiger partial charge >= 0.3 is 0 Å². The number of hydrogen-bond donors (Lipinski definition) is 0. The quantitative estimate of drug-likeness (QED) is 0.667. The monoisotopic (exact) mass is 355 g/mol. The molecule has 1 fully saturated rings. The first kappa shape index (κ1) is 16.1. The van der Waals surface area contributed by atoms with Crippen LogP contribution in [0.3, 0.4) is 0 Å². The topological polar surface area (TPSA) is 29.5 Å². The number of nitrogens with zero attached hydrogens (tertiary/aromatic N) is 1. The Bertz CT molecular complexity index is 982. The summed E-state index contributed by atoms with van der Waals surface area (Å²) in [4.78, 5) is 14.8. The van der Waals surface area contributed by atoms with Gasteiger partial charge in [0.1, 0.15) is 11.5 Å². The zero-order valence-corrected chi connectivity index (χ0v) is 15.0. The molecular formula is C24H21NO2. The maximum atomic E-state index is 12.8. The predicted octanol–water partition coefficient (Wildman–Crippen LogP) is 4.92. The van der Waals surface area contributed by atoms with Crippen LogP contribution < -0.4 is 4.74 Å². The van der Waals surface area contributed by atoms with Crippen molar-refractivity contribution in [3.63, 3.8) is 0 Å². The van der Waals surface area contributed by atoms with E-state index in [4.69, 9.17) is 4.74 Å². The maximum absolute atomic E-state index is 12.8. The third kappa shape index (κ3) is 2.89. The Morgan fingerprint density at radius 1 is 0.778 bits per heavy atom. The van der Waals surface area contributed by atoms with E-state index >= 15 is 0 Å². The van der Waals surface area contributed by atoms with Gasteiger partial charge in [-0.25, -0.2) is 0 Å². The molecule has 1 saturated heterocycles. The van der Waals surface area contributed by atoms with Crippen molar-refractivity contribution in [2.75, 3.05) is 0 Å². The fraction of sp³-hybridized carbons (Fsp3) is 0.208. The standard InChI is InChI=1S/C24H21NO2/c26-24-15-21(22-14-17-8-4-5-9-18(17)16-25(22)24)20-12-6-7-13-23(20)27-19-10-2-1-3-11-19/h1-13,21-22H,14-16H2. The Hall–Kier alpha value is -3.07. The van der Waals surface area contributed by atoms with Crippen molar-refractivity contribution in [2.45, 2.75) is 31.3 Å². The molecule has 0 aromatic heterocycles.